The van der Waals surface area contributed by atoms with E-state index in [0.717, 1.165) is 0 Å². The number of carbonyl (C=O) groups is 3. The molecule has 0 bridgehead atoms. The minimum Gasteiger partial charge on any atom is -0.462 e. The summed E-state index contributed by atoms with van der Waals surface area (Å²) in [6.07, 6.45) is 3.16. The van der Waals surface area contributed by atoms with E-state index in [2.05, 4.69) is 25.7 Å². The van der Waals surface area contributed by atoms with Crippen LogP contribution < -0.4 is 10.6 Å². The zero-order chi connectivity index (χ0) is 21.1. The molecule has 3 aromatic rings. The van der Waals surface area contributed by atoms with Gasteiger partial charge in [-0.1, -0.05) is 0 Å². The third-order valence-corrected chi connectivity index (χ3v) is 4.44. The number of ether oxygens (including phenoxy) is 1. The van der Waals surface area contributed by atoms with Crippen molar-refractivity contribution in [2.75, 3.05) is 17.2 Å². The first kappa shape index (κ1) is 19.2. The van der Waals surface area contributed by atoms with Crippen LogP contribution in [0.2, 0.25) is 0 Å². The molecule has 152 valence electrons. The van der Waals surface area contributed by atoms with E-state index in [4.69, 9.17) is 4.74 Å². The quantitative estimate of drug-likeness (QED) is 0.621. The lowest BCUT2D eigenvalue weighted by molar-refractivity contribution is -0.125. The second kappa shape index (κ2) is 8.11. The van der Waals surface area contributed by atoms with Gasteiger partial charge in [0.2, 0.25) is 17.8 Å². The van der Waals surface area contributed by atoms with Gasteiger partial charge in [-0.2, -0.15) is 4.98 Å². The molecule has 0 aliphatic carbocycles. The lowest BCUT2D eigenvalue weighted by Gasteiger charge is -2.22. The van der Waals surface area contributed by atoms with Gasteiger partial charge in [-0.25, -0.2) is 9.48 Å². The van der Waals surface area contributed by atoms with E-state index < -0.39 is 17.9 Å². The molecule has 4 rings (SSSR count). The van der Waals surface area contributed by atoms with Crippen LogP contribution in [0.1, 0.15) is 29.7 Å². The number of hydrogen-bond donors (Lipinski definition) is 2. The minimum atomic E-state index is -0.864. The van der Waals surface area contributed by atoms with Crippen molar-refractivity contribution in [1.82, 2.24) is 19.7 Å². The number of fused-ring (bicyclic) bond motifs is 1. The van der Waals surface area contributed by atoms with Crippen molar-refractivity contribution in [3.63, 3.8) is 0 Å². The first-order valence-corrected chi connectivity index (χ1v) is 9.30. The van der Waals surface area contributed by atoms with E-state index in [1.54, 1.807) is 55.7 Å². The Bertz CT molecular complexity index is 1090. The fourth-order valence-corrected chi connectivity index (χ4v) is 3.01. The van der Waals surface area contributed by atoms with Crippen molar-refractivity contribution in [2.24, 2.45) is 0 Å². The van der Waals surface area contributed by atoms with E-state index in [0.29, 0.717) is 22.6 Å². The SMILES string of the molecule is CCOC(=O)c1ccc(NC(=O)[C@H]2CC(=O)Nc3nc(-c4cccnc4)nn32)cc1. The molecule has 0 fully saturated rings. The smallest absolute Gasteiger partial charge is 0.338 e. The molecule has 2 N–H and O–H groups in total. The van der Waals surface area contributed by atoms with Gasteiger partial charge in [0.15, 0.2) is 5.82 Å². The maximum Gasteiger partial charge on any atom is 0.338 e. The monoisotopic (exact) mass is 406 g/mol. The number of nitrogens with zero attached hydrogens (tertiary/aromatic N) is 4. The summed E-state index contributed by atoms with van der Waals surface area (Å²) < 4.78 is 6.33. The molecule has 0 radical (unpaired) electrons. The summed E-state index contributed by atoms with van der Waals surface area (Å²) in [6.45, 7) is 2.01. The molecular formula is C20H18N6O4. The third-order valence-electron chi connectivity index (χ3n) is 4.44. The van der Waals surface area contributed by atoms with Gasteiger partial charge in [0.1, 0.15) is 6.04 Å². The van der Waals surface area contributed by atoms with Gasteiger partial charge in [-0.3, -0.25) is 19.9 Å². The Morgan fingerprint density at radius 3 is 2.77 bits per heavy atom. The first-order chi connectivity index (χ1) is 14.5. The van der Waals surface area contributed by atoms with Crippen molar-refractivity contribution in [3.05, 3.63) is 54.4 Å². The predicted octanol–water partition coefficient (Wildman–Crippen LogP) is 2.04. The molecule has 30 heavy (non-hydrogen) atoms. The highest BCUT2D eigenvalue weighted by Gasteiger charge is 2.33. The van der Waals surface area contributed by atoms with Gasteiger partial charge in [0.25, 0.3) is 0 Å². The van der Waals surface area contributed by atoms with Gasteiger partial charge in [0.05, 0.1) is 18.6 Å². The fourth-order valence-electron chi connectivity index (χ4n) is 3.01. The van der Waals surface area contributed by atoms with Crippen LogP contribution >= 0.6 is 0 Å². The highest BCUT2D eigenvalue weighted by Crippen LogP contribution is 2.27. The molecular weight excluding hydrogens is 388 g/mol. The van der Waals surface area contributed by atoms with Gasteiger partial charge < -0.3 is 10.1 Å². The number of carbonyl (C=O) groups excluding carboxylic acids is 3. The summed E-state index contributed by atoms with van der Waals surface area (Å²) in [5.41, 5.74) is 1.53. The molecule has 1 atom stereocenters. The molecule has 2 aromatic heterocycles. The first-order valence-electron chi connectivity index (χ1n) is 9.30. The maximum absolute atomic E-state index is 12.9. The maximum atomic E-state index is 12.9. The Hall–Kier alpha value is -4.08. The molecule has 0 saturated heterocycles. The topological polar surface area (TPSA) is 128 Å². The van der Waals surface area contributed by atoms with Crippen molar-refractivity contribution < 1.29 is 19.1 Å². The molecule has 1 aromatic carbocycles. The average molecular weight is 406 g/mol. The van der Waals surface area contributed by atoms with Crippen molar-refractivity contribution in [3.8, 4) is 11.4 Å². The van der Waals surface area contributed by atoms with Crippen LogP contribution in [-0.2, 0) is 14.3 Å². The highest BCUT2D eigenvalue weighted by molar-refractivity contribution is 6.01. The number of hydrogen-bond acceptors (Lipinski definition) is 7. The summed E-state index contributed by atoms with van der Waals surface area (Å²) >= 11 is 0. The van der Waals surface area contributed by atoms with E-state index >= 15 is 0 Å². The van der Waals surface area contributed by atoms with Gasteiger partial charge in [0, 0.05) is 23.6 Å². The molecule has 10 heteroatoms. The molecule has 10 nitrogen and oxygen atoms in total. The summed E-state index contributed by atoms with van der Waals surface area (Å²) in [5, 5.41) is 9.76. The van der Waals surface area contributed by atoms with Crippen molar-refractivity contribution in [1.29, 1.82) is 0 Å². The van der Waals surface area contributed by atoms with Gasteiger partial charge >= 0.3 is 5.97 Å². The Morgan fingerprint density at radius 2 is 2.07 bits per heavy atom. The van der Waals surface area contributed by atoms with Crippen molar-refractivity contribution in [2.45, 2.75) is 19.4 Å². The zero-order valence-electron chi connectivity index (χ0n) is 16.0. The molecule has 1 aliphatic heterocycles. The Morgan fingerprint density at radius 1 is 1.27 bits per heavy atom. The standard InChI is InChI=1S/C20H18N6O4/c1-2-30-19(29)12-5-7-14(8-6-12)22-18(28)15-10-16(27)23-20-24-17(25-26(15)20)13-4-3-9-21-11-13/h3-9,11,15H,2,10H2,1H3,(H,22,28)(H,23,24,25,27)/t15-/m1/s1. The van der Waals surface area contributed by atoms with Crippen LogP contribution in [0.25, 0.3) is 11.4 Å². The Balaban J connectivity index is 1.54. The summed E-state index contributed by atoms with van der Waals surface area (Å²) in [7, 11) is 0. The minimum absolute atomic E-state index is 0.0738. The fraction of sp³-hybridized carbons (Fsp3) is 0.200. The number of pyridine rings is 1. The zero-order valence-corrected chi connectivity index (χ0v) is 16.0. The van der Waals surface area contributed by atoms with E-state index in [-0.39, 0.29) is 24.9 Å². The number of benzene rings is 1. The van der Waals surface area contributed by atoms with Crippen LogP contribution in [0.4, 0.5) is 11.6 Å². The Labute approximate surface area is 171 Å². The van der Waals surface area contributed by atoms with Crippen molar-refractivity contribution >= 4 is 29.4 Å². The van der Waals surface area contributed by atoms with Gasteiger partial charge in [-0.05, 0) is 43.3 Å². The summed E-state index contributed by atoms with van der Waals surface area (Å²) in [5.74, 6) is -0.627. The Kier molecular flexibility index (Phi) is 5.21. The number of anilines is 2. The molecule has 2 amide bonds. The molecule has 0 spiro atoms. The van der Waals surface area contributed by atoms with Crippen LogP contribution in [-0.4, -0.2) is 44.1 Å². The van der Waals surface area contributed by atoms with Crippen LogP contribution in [0.3, 0.4) is 0 Å². The molecule has 0 unspecified atom stereocenters. The van der Waals surface area contributed by atoms with Crippen LogP contribution in [0.15, 0.2) is 48.8 Å². The van der Waals surface area contributed by atoms with E-state index in [1.807, 2.05) is 0 Å². The number of amides is 2. The van der Waals surface area contributed by atoms with E-state index in [1.165, 1.54) is 4.68 Å². The summed E-state index contributed by atoms with van der Waals surface area (Å²) in [6, 6.07) is 8.98. The van der Waals surface area contributed by atoms with Crippen LogP contribution in [0.5, 0.6) is 0 Å². The number of aromatic nitrogens is 4. The number of esters is 1. The normalized spacial score (nSPS) is 15.1. The highest BCUT2D eigenvalue weighted by atomic mass is 16.5. The lowest BCUT2D eigenvalue weighted by Crippen LogP contribution is -2.36. The predicted molar refractivity (Wildman–Crippen MR) is 107 cm³/mol. The summed E-state index contributed by atoms with van der Waals surface area (Å²) in [4.78, 5) is 45.0. The average Bonchev–Trinajstić information content (AvgIpc) is 3.18. The second-order valence-corrected chi connectivity index (χ2v) is 6.50. The third kappa shape index (κ3) is 3.88. The lowest BCUT2D eigenvalue weighted by atomic mass is 10.1. The van der Waals surface area contributed by atoms with Crippen LogP contribution in [0, 0.1) is 0 Å². The second-order valence-electron chi connectivity index (χ2n) is 6.50. The molecule has 3 heterocycles. The van der Waals surface area contributed by atoms with Gasteiger partial charge in [-0.15, -0.1) is 5.10 Å². The molecule has 1 aliphatic rings. The number of rotatable bonds is 5. The molecule has 0 saturated carbocycles. The van der Waals surface area contributed by atoms with E-state index in [9.17, 15) is 14.4 Å². The number of nitrogens with one attached hydrogen (secondary N) is 2. The largest absolute Gasteiger partial charge is 0.462 e.